The number of aryl methyl sites for hydroxylation is 1. The number of anilines is 1. The Morgan fingerprint density at radius 1 is 1.38 bits per heavy atom. The number of nitrogen functional groups attached to an aromatic ring is 1. The number of rotatable bonds is 3. The van der Waals surface area contributed by atoms with Gasteiger partial charge in [-0.2, -0.15) is 0 Å². The standard InChI is InChI=1S/C15H14N4O2/c1-2-19-6-5-10(8-13(19)20)11-9-17-15(16)18-14(11)12-4-3-7-21-12/h3-9H,2H2,1H3,(H2,16,17,18). The van der Waals surface area contributed by atoms with Gasteiger partial charge < -0.3 is 14.7 Å². The molecule has 0 bridgehead atoms. The van der Waals surface area contributed by atoms with Crippen molar-refractivity contribution < 1.29 is 4.42 Å². The van der Waals surface area contributed by atoms with Gasteiger partial charge in [-0.3, -0.25) is 4.79 Å². The van der Waals surface area contributed by atoms with E-state index in [1.807, 2.05) is 13.0 Å². The molecule has 3 rings (SSSR count). The van der Waals surface area contributed by atoms with Gasteiger partial charge in [-0.05, 0) is 30.7 Å². The van der Waals surface area contributed by atoms with Gasteiger partial charge >= 0.3 is 0 Å². The minimum absolute atomic E-state index is 0.0720. The lowest BCUT2D eigenvalue weighted by atomic mass is 10.1. The monoisotopic (exact) mass is 282 g/mol. The lowest BCUT2D eigenvalue weighted by molar-refractivity contribution is 0.580. The molecule has 0 aliphatic rings. The number of nitrogens with zero attached hydrogens (tertiary/aromatic N) is 3. The molecule has 0 radical (unpaired) electrons. The molecule has 0 saturated heterocycles. The SMILES string of the molecule is CCn1ccc(-c2cnc(N)nc2-c2ccco2)cc1=O. The molecule has 0 aromatic carbocycles. The van der Waals surface area contributed by atoms with Crippen molar-refractivity contribution in [2.75, 3.05) is 5.73 Å². The summed E-state index contributed by atoms with van der Waals surface area (Å²) < 4.78 is 7.00. The molecule has 0 aliphatic carbocycles. The maximum absolute atomic E-state index is 12.0. The second-order valence-electron chi connectivity index (χ2n) is 4.51. The molecule has 6 nitrogen and oxygen atoms in total. The molecule has 3 heterocycles. The van der Waals surface area contributed by atoms with E-state index < -0.39 is 0 Å². The van der Waals surface area contributed by atoms with Crippen molar-refractivity contribution in [1.82, 2.24) is 14.5 Å². The molecule has 0 atom stereocenters. The van der Waals surface area contributed by atoms with Crippen LogP contribution in [0.15, 0.2) is 52.1 Å². The van der Waals surface area contributed by atoms with Crippen LogP contribution >= 0.6 is 0 Å². The van der Waals surface area contributed by atoms with E-state index in [2.05, 4.69) is 9.97 Å². The molecule has 0 spiro atoms. The molecule has 21 heavy (non-hydrogen) atoms. The van der Waals surface area contributed by atoms with Gasteiger partial charge in [0, 0.05) is 30.6 Å². The molecule has 0 unspecified atom stereocenters. The van der Waals surface area contributed by atoms with E-state index >= 15 is 0 Å². The van der Waals surface area contributed by atoms with Crippen LogP contribution in [0, 0.1) is 0 Å². The fraction of sp³-hybridized carbons (Fsp3) is 0.133. The first kappa shape index (κ1) is 13.1. The van der Waals surface area contributed by atoms with Crippen LogP contribution in [0.25, 0.3) is 22.6 Å². The van der Waals surface area contributed by atoms with Crippen molar-refractivity contribution in [3.05, 3.63) is 53.3 Å². The van der Waals surface area contributed by atoms with E-state index in [0.29, 0.717) is 23.6 Å². The third-order valence-electron chi connectivity index (χ3n) is 3.21. The summed E-state index contributed by atoms with van der Waals surface area (Å²) in [5.41, 5.74) is 7.60. The van der Waals surface area contributed by atoms with Crippen LogP contribution in [0.2, 0.25) is 0 Å². The summed E-state index contributed by atoms with van der Waals surface area (Å²) in [7, 11) is 0. The Labute approximate surface area is 120 Å². The molecule has 3 aromatic heterocycles. The Hall–Kier alpha value is -2.89. The van der Waals surface area contributed by atoms with Gasteiger partial charge in [0.05, 0.1) is 6.26 Å². The molecule has 6 heteroatoms. The van der Waals surface area contributed by atoms with Crippen molar-refractivity contribution in [2.24, 2.45) is 0 Å². The summed E-state index contributed by atoms with van der Waals surface area (Å²) >= 11 is 0. The van der Waals surface area contributed by atoms with Crippen LogP contribution in [0.1, 0.15) is 6.92 Å². The smallest absolute Gasteiger partial charge is 0.251 e. The fourth-order valence-electron chi connectivity index (χ4n) is 2.14. The highest BCUT2D eigenvalue weighted by Crippen LogP contribution is 2.29. The van der Waals surface area contributed by atoms with E-state index in [1.54, 1.807) is 41.4 Å². The zero-order chi connectivity index (χ0) is 14.8. The normalized spacial score (nSPS) is 10.7. The Bertz CT molecular complexity index is 822. The molecular weight excluding hydrogens is 268 g/mol. The van der Waals surface area contributed by atoms with E-state index in [4.69, 9.17) is 10.2 Å². The van der Waals surface area contributed by atoms with Crippen LogP contribution in [-0.2, 0) is 6.54 Å². The number of hydrogen-bond acceptors (Lipinski definition) is 5. The number of nitrogens with two attached hydrogens (primary N) is 1. The first-order valence-electron chi connectivity index (χ1n) is 6.56. The summed E-state index contributed by atoms with van der Waals surface area (Å²) in [6.07, 6.45) is 4.91. The molecule has 3 aromatic rings. The maximum Gasteiger partial charge on any atom is 0.251 e. The average Bonchev–Trinajstić information content (AvgIpc) is 3.01. The summed E-state index contributed by atoms with van der Waals surface area (Å²) in [5, 5.41) is 0. The Kier molecular flexibility index (Phi) is 3.27. The van der Waals surface area contributed by atoms with E-state index in [1.165, 1.54) is 0 Å². The van der Waals surface area contributed by atoms with Crippen molar-refractivity contribution in [3.8, 4) is 22.6 Å². The van der Waals surface area contributed by atoms with Gasteiger partial charge in [-0.1, -0.05) is 0 Å². The summed E-state index contributed by atoms with van der Waals surface area (Å²) in [4.78, 5) is 20.2. The van der Waals surface area contributed by atoms with Gasteiger partial charge in [0.15, 0.2) is 5.76 Å². The van der Waals surface area contributed by atoms with Gasteiger partial charge in [0.2, 0.25) is 5.95 Å². The second-order valence-corrected chi connectivity index (χ2v) is 4.51. The van der Waals surface area contributed by atoms with Crippen LogP contribution < -0.4 is 11.3 Å². The van der Waals surface area contributed by atoms with Gasteiger partial charge in [0.1, 0.15) is 5.69 Å². The third kappa shape index (κ3) is 2.43. The van der Waals surface area contributed by atoms with Crippen LogP contribution in [0.5, 0.6) is 0 Å². The molecule has 0 saturated carbocycles. The second kappa shape index (κ2) is 5.24. The lowest BCUT2D eigenvalue weighted by Gasteiger charge is -2.08. The number of hydrogen-bond donors (Lipinski definition) is 1. The Morgan fingerprint density at radius 2 is 2.24 bits per heavy atom. The van der Waals surface area contributed by atoms with Gasteiger partial charge in [-0.25, -0.2) is 9.97 Å². The van der Waals surface area contributed by atoms with E-state index in [-0.39, 0.29) is 11.5 Å². The summed E-state index contributed by atoms with van der Waals surface area (Å²) in [6.45, 7) is 2.55. The largest absolute Gasteiger partial charge is 0.463 e. The fourth-order valence-corrected chi connectivity index (χ4v) is 2.14. The number of furan rings is 1. The summed E-state index contributed by atoms with van der Waals surface area (Å²) in [6, 6.07) is 6.97. The Balaban J connectivity index is 2.19. The van der Waals surface area contributed by atoms with Crippen molar-refractivity contribution >= 4 is 5.95 Å². The molecule has 0 aliphatic heterocycles. The topological polar surface area (TPSA) is 86.9 Å². The summed E-state index contributed by atoms with van der Waals surface area (Å²) in [5.74, 6) is 0.742. The highest BCUT2D eigenvalue weighted by molar-refractivity contribution is 5.78. The Morgan fingerprint density at radius 3 is 2.90 bits per heavy atom. The quantitative estimate of drug-likeness (QED) is 0.795. The minimum atomic E-state index is -0.0720. The lowest BCUT2D eigenvalue weighted by Crippen LogP contribution is -2.17. The first-order chi connectivity index (χ1) is 10.2. The molecule has 0 fully saturated rings. The van der Waals surface area contributed by atoms with Gasteiger partial charge in [0.25, 0.3) is 5.56 Å². The van der Waals surface area contributed by atoms with Crippen molar-refractivity contribution in [2.45, 2.75) is 13.5 Å². The minimum Gasteiger partial charge on any atom is -0.463 e. The van der Waals surface area contributed by atoms with Crippen molar-refractivity contribution in [3.63, 3.8) is 0 Å². The van der Waals surface area contributed by atoms with Crippen LogP contribution in [0.4, 0.5) is 5.95 Å². The molecular formula is C15H14N4O2. The highest BCUT2D eigenvalue weighted by atomic mass is 16.3. The van der Waals surface area contributed by atoms with Gasteiger partial charge in [-0.15, -0.1) is 0 Å². The maximum atomic E-state index is 12.0. The predicted molar refractivity (Wildman–Crippen MR) is 79.5 cm³/mol. The number of pyridine rings is 1. The van der Waals surface area contributed by atoms with Crippen molar-refractivity contribution in [1.29, 1.82) is 0 Å². The van der Waals surface area contributed by atoms with Crippen LogP contribution in [0.3, 0.4) is 0 Å². The third-order valence-corrected chi connectivity index (χ3v) is 3.21. The molecule has 106 valence electrons. The van der Waals surface area contributed by atoms with E-state index in [9.17, 15) is 4.79 Å². The molecule has 0 amide bonds. The highest BCUT2D eigenvalue weighted by Gasteiger charge is 2.13. The van der Waals surface area contributed by atoms with E-state index in [0.717, 1.165) is 5.56 Å². The zero-order valence-corrected chi connectivity index (χ0v) is 11.5. The van der Waals surface area contributed by atoms with Crippen LogP contribution in [-0.4, -0.2) is 14.5 Å². The predicted octanol–water partition coefficient (Wildman–Crippen LogP) is 2.17. The number of aromatic nitrogens is 3. The average molecular weight is 282 g/mol. The zero-order valence-electron chi connectivity index (χ0n) is 11.5. The molecule has 2 N–H and O–H groups in total. The first-order valence-corrected chi connectivity index (χ1v) is 6.56.